The smallest absolute Gasteiger partial charge is 0.462 e. The molecule has 0 aromatic heterocycles. The van der Waals surface area contributed by atoms with E-state index in [2.05, 4.69) is 48.5 Å². The highest BCUT2D eigenvalue weighted by Crippen LogP contribution is 2.45. The van der Waals surface area contributed by atoms with Crippen molar-refractivity contribution in [3.05, 3.63) is 0 Å². The molecule has 0 heterocycles. The Bertz CT molecular complexity index is 1850. The number of phosphoric ester groups is 2. The first-order valence-corrected chi connectivity index (χ1v) is 42.3. The van der Waals surface area contributed by atoms with Gasteiger partial charge in [0.15, 0.2) is 12.2 Å². The number of aliphatic hydroxyl groups excluding tert-OH is 1. The Morgan fingerprint density at radius 3 is 0.716 bits per heavy atom. The average molecular weight is 1400 g/mol. The molecular weight excluding hydrogens is 1250 g/mol. The summed E-state index contributed by atoms with van der Waals surface area (Å²) < 4.78 is 68.5. The molecule has 0 amide bonds. The van der Waals surface area contributed by atoms with E-state index in [9.17, 15) is 43.2 Å². The molecule has 19 heteroatoms. The molecule has 3 N–H and O–H groups in total. The molecule has 0 aliphatic rings. The molecule has 0 spiro atoms. The number of hydrogen-bond donors (Lipinski definition) is 3. The van der Waals surface area contributed by atoms with Crippen molar-refractivity contribution in [2.45, 2.75) is 407 Å². The van der Waals surface area contributed by atoms with Gasteiger partial charge in [0, 0.05) is 25.7 Å². The van der Waals surface area contributed by atoms with Gasteiger partial charge in [0.1, 0.15) is 19.3 Å². The van der Waals surface area contributed by atoms with E-state index in [-0.39, 0.29) is 25.7 Å². The van der Waals surface area contributed by atoms with E-state index in [4.69, 9.17) is 37.0 Å². The molecule has 564 valence electrons. The predicted molar refractivity (Wildman–Crippen MR) is 386 cm³/mol. The third-order valence-electron chi connectivity index (χ3n) is 17.6. The Labute approximate surface area is 581 Å². The Kier molecular flexibility index (Phi) is 65.2. The van der Waals surface area contributed by atoms with Crippen LogP contribution in [0, 0.1) is 17.8 Å². The van der Waals surface area contributed by atoms with Gasteiger partial charge in [0.25, 0.3) is 0 Å². The van der Waals surface area contributed by atoms with Crippen molar-refractivity contribution < 1.29 is 80.2 Å². The third-order valence-corrected chi connectivity index (χ3v) is 19.5. The number of carbonyl (C=O) groups is 4. The molecule has 0 aliphatic heterocycles. The van der Waals surface area contributed by atoms with Crippen LogP contribution in [0.15, 0.2) is 0 Å². The summed E-state index contributed by atoms with van der Waals surface area (Å²) in [6.07, 6.45) is 53.0. The highest BCUT2D eigenvalue weighted by atomic mass is 31.2. The van der Waals surface area contributed by atoms with Crippen LogP contribution < -0.4 is 0 Å². The average Bonchev–Trinajstić information content (AvgIpc) is 3.65. The molecule has 0 saturated heterocycles. The van der Waals surface area contributed by atoms with E-state index in [1.165, 1.54) is 193 Å². The first kappa shape index (κ1) is 93.1. The van der Waals surface area contributed by atoms with E-state index in [0.29, 0.717) is 31.6 Å². The number of unbranched alkanes of at least 4 members (excludes halogenated alkanes) is 42. The lowest BCUT2D eigenvalue weighted by Gasteiger charge is -2.21. The van der Waals surface area contributed by atoms with E-state index >= 15 is 0 Å². The molecule has 0 radical (unpaired) electrons. The fraction of sp³-hybridized carbons (Fsp3) is 0.947. The fourth-order valence-corrected chi connectivity index (χ4v) is 13.2. The van der Waals surface area contributed by atoms with Crippen LogP contribution in [0.3, 0.4) is 0 Å². The van der Waals surface area contributed by atoms with Crippen molar-refractivity contribution in [2.75, 3.05) is 39.6 Å². The monoisotopic (exact) mass is 1400 g/mol. The fourth-order valence-electron chi connectivity index (χ4n) is 11.6. The Morgan fingerprint density at radius 1 is 0.284 bits per heavy atom. The zero-order valence-electron chi connectivity index (χ0n) is 62.1. The minimum atomic E-state index is -4.96. The maximum Gasteiger partial charge on any atom is 0.472 e. The Morgan fingerprint density at radius 2 is 0.484 bits per heavy atom. The van der Waals surface area contributed by atoms with Gasteiger partial charge in [-0.3, -0.25) is 37.3 Å². The second-order valence-corrected chi connectivity index (χ2v) is 31.7. The largest absolute Gasteiger partial charge is 0.472 e. The molecule has 0 bridgehead atoms. The Hall–Kier alpha value is -1.94. The summed E-state index contributed by atoms with van der Waals surface area (Å²) in [6, 6.07) is 0. The lowest BCUT2D eigenvalue weighted by Crippen LogP contribution is -2.30. The number of phosphoric acid groups is 2. The first-order chi connectivity index (χ1) is 45.7. The zero-order chi connectivity index (χ0) is 70.1. The molecule has 0 aromatic rings. The number of esters is 4. The van der Waals surface area contributed by atoms with Gasteiger partial charge in [-0.05, 0) is 43.4 Å². The van der Waals surface area contributed by atoms with Crippen molar-refractivity contribution in [3.8, 4) is 0 Å². The van der Waals surface area contributed by atoms with Gasteiger partial charge >= 0.3 is 39.5 Å². The number of hydrogen-bond acceptors (Lipinski definition) is 15. The summed E-state index contributed by atoms with van der Waals surface area (Å²) in [7, 11) is -9.91. The standard InChI is InChI=1S/C76H148O17P2/c1-8-9-10-11-12-13-14-15-16-17-18-19-24-27-30-36-45-52-59-75(80)92-71(63-86-73(78)57-50-43-35-29-26-23-21-20-22-25-28-33-40-47-54-67(2)3)65-90-94(82,83)88-61-70(77)62-89-95(84,85)91-66-72(64-87-74(79)58-51-44-39-38-42-49-56-69(6)7)93-76(81)60-53-46-37-32-31-34-41-48-55-68(4)5/h67-72,77H,8-66H2,1-7H3,(H,82,83)(H,84,85)/t70-,71-,72-/m1/s1. The van der Waals surface area contributed by atoms with Crippen molar-refractivity contribution in [3.63, 3.8) is 0 Å². The maximum absolute atomic E-state index is 13.1. The van der Waals surface area contributed by atoms with Crippen LogP contribution in [0.25, 0.3) is 0 Å². The summed E-state index contributed by atoms with van der Waals surface area (Å²) in [5.74, 6) is 0.0754. The molecular formula is C76H148O17P2. The maximum atomic E-state index is 13.1. The van der Waals surface area contributed by atoms with Gasteiger partial charge in [-0.15, -0.1) is 0 Å². The van der Waals surface area contributed by atoms with Crippen LogP contribution >= 0.6 is 15.6 Å². The molecule has 5 atom stereocenters. The van der Waals surface area contributed by atoms with Gasteiger partial charge in [-0.2, -0.15) is 0 Å². The summed E-state index contributed by atoms with van der Waals surface area (Å²) >= 11 is 0. The number of carbonyl (C=O) groups excluding carboxylic acids is 4. The highest BCUT2D eigenvalue weighted by Gasteiger charge is 2.30. The number of rotatable bonds is 74. The van der Waals surface area contributed by atoms with Crippen molar-refractivity contribution in [1.82, 2.24) is 0 Å². The minimum Gasteiger partial charge on any atom is -0.462 e. The van der Waals surface area contributed by atoms with Crippen LogP contribution in [0.2, 0.25) is 0 Å². The van der Waals surface area contributed by atoms with E-state index < -0.39 is 97.5 Å². The highest BCUT2D eigenvalue weighted by molar-refractivity contribution is 7.47. The van der Waals surface area contributed by atoms with Gasteiger partial charge in [0.05, 0.1) is 26.4 Å². The predicted octanol–water partition coefficient (Wildman–Crippen LogP) is 22.2. The molecule has 0 fully saturated rings. The summed E-state index contributed by atoms with van der Waals surface area (Å²) in [4.78, 5) is 72.7. The molecule has 0 saturated carbocycles. The molecule has 2 unspecified atom stereocenters. The van der Waals surface area contributed by atoms with Gasteiger partial charge in [-0.25, -0.2) is 9.13 Å². The molecule has 0 rings (SSSR count). The van der Waals surface area contributed by atoms with Crippen LogP contribution in [0.5, 0.6) is 0 Å². The number of ether oxygens (including phenoxy) is 4. The molecule has 0 aliphatic carbocycles. The molecule has 0 aromatic carbocycles. The molecule has 17 nitrogen and oxygen atoms in total. The van der Waals surface area contributed by atoms with Crippen LogP contribution in [-0.4, -0.2) is 96.7 Å². The van der Waals surface area contributed by atoms with Crippen LogP contribution in [0.4, 0.5) is 0 Å². The molecule has 95 heavy (non-hydrogen) atoms. The number of aliphatic hydroxyl groups is 1. The summed E-state index contributed by atoms with van der Waals surface area (Å²) in [5, 5.41) is 10.6. The third kappa shape index (κ3) is 70.3. The van der Waals surface area contributed by atoms with E-state index in [0.717, 1.165) is 108 Å². The second-order valence-electron chi connectivity index (χ2n) is 28.8. The normalized spacial score (nSPS) is 14.1. The lowest BCUT2D eigenvalue weighted by atomic mass is 10.0. The zero-order valence-corrected chi connectivity index (χ0v) is 63.9. The quantitative estimate of drug-likeness (QED) is 0.0222. The van der Waals surface area contributed by atoms with E-state index in [1.54, 1.807) is 0 Å². The second kappa shape index (κ2) is 66.6. The lowest BCUT2D eigenvalue weighted by molar-refractivity contribution is -0.161. The van der Waals surface area contributed by atoms with Gasteiger partial charge in [0.2, 0.25) is 0 Å². The summed E-state index contributed by atoms with van der Waals surface area (Å²) in [5.41, 5.74) is 0. The Balaban J connectivity index is 5.22. The van der Waals surface area contributed by atoms with Crippen LogP contribution in [0.1, 0.15) is 389 Å². The van der Waals surface area contributed by atoms with Gasteiger partial charge in [-0.1, -0.05) is 337 Å². The SMILES string of the molecule is CCCCCCCCCCCCCCCCCCCCC(=O)O[C@H](COC(=O)CCCCCCCCCCCCCCCCC(C)C)COP(=O)(O)OC[C@@H](O)COP(=O)(O)OC[C@@H](COC(=O)CCCCCCCCC(C)C)OC(=O)CCCCCCCCCCC(C)C. The van der Waals surface area contributed by atoms with Crippen molar-refractivity contribution in [1.29, 1.82) is 0 Å². The first-order valence-electron chi connectivity index (χ1n) is 39.3. The van der Waals surface area contributed by atoms with Crippen molar-refractivity contribution >= 4 is 39.5 Å². The minimum absolute atomic E-state index is 0.103. The topological polar surface area (TPSA) is 237 Å². The van der Waals surface area contributed by atoms with Crippen molar-refractivity contribution in [2.24, 2.45) is 17.8 Å². The van der Waals surface area contributed by atoms with Crippen LogP contribution in [-0.2, 0) is 65.4 Å². The van der Waals surface area contributed by atoms with Gasteiger partial charge < -0.3 is 33.8 Å². The summed E-state index contributed by atoms with van der Waals surface area (Å²) in [6.45, 7) is 11.8. The van der Waals surface area contributed by atoms with E-state index in [1.807, 2.05) is 0 Å².